The molecule has 0 aromatic heterocycles. The topological polar surface area (TPSA) is 52.9 Å². The van der Waals surface area contributed by atoms with Crippen molar-refractivity contribution in [1.82, 2.24) is 4.90 Å². The van der Waals surface area contributed by atoms with Crippen molar-refractivity contribution >= 4 is 12.4 Å². The van der Waals surface area contributed by atoms with Crippen LogP contribution in [0.2, 0.25) is 0 Å². The predicted octanol–water partition coefficient (Wildman–Crippen LogP) is 2.31. The van der Waals surface area contributed by atoms with Crippen LogP contribution in [0.4, 0.5) is 0 Å². The quantitative estimate of drug-likeness (QED) is 0.672. The summed E-state index contributed by atoms with van der Waals surface area (Å²) in [6, 6.07) is 0.506. The second-order valence-corrected chi connectivity index (χ2v) is 7.24. The molecule has 5 rings (SSSR count). The molecule has 0 aromatic carbocycles. The van der Waals surface area contributed by atoms with Crippen LogP contribution in [-0.2, 0) is 4.74 Å². The van der Waals surface area contributed by atoms with E-state index in [1.54, 1.807) is 0 Å². The number of allylic oxidation sites excluding steroid dienone is 2. The summed E-state index contributed by atoms with van der Waals surface area (Å²) >= 11 is 0. The van der Waals surface area contributed by atoms with E-state index in [1.807, 2.05) is 6.08 Å². The van der Waals surface area contributed by atoms with Gasteiger partial charge in [0.1, 0.15) is 18.0 Å². The average Bonchev–Trinajstić information content (AvgIpc) is 2.83. The van der Waals surface area contributed by atoms with Crippen LogP contribution in [0.1, 0.15) is 25.7 Å². The summed E-state index contributed by atoms with van der Waals surface area (Å²) in [4.78, 5) is 2.47. The van der Waals surface area contributed by atoms with Crippen molar-refractivity contribution in [2.24, 2.45) is 11.3 Å². The van der Waals surface area contributed by atoms with Gasteiger partial charge >= 0.3 is 0 Å². The van der Waals surface area contributed by atoms with E-state index in [-0.39, 0.29) is 23.9 Å². The third kappa shape index (κ3) is 1.46. The molecule has 1 spiro atoms. The minimum atomic E-state index is -0.567. The van der Waals surface area contributed by atoms with Gasteiger partial charge in [-0.3, -0.25) is 0 Å². The molecule has 2 fully saturated rings. The van der Waals surface area contributed by atoms with Gasteiger partial charge in [-0.1, -0.05) is 17.7 Å². The smallest absolute Gasteiger partial charge is 0.161 e. The molecule has 2 saturated heterocycles. The number of ether oxygens (including phenoxy) is 1. The molecule has 5 atom stereocenters. The van der Waals surface area contributed by atoms with Gasteiger partial charge in [0.15, 0.2) is 5.76 Å². The van der Waals surface area contributed by atoms with Crippen molar-refractivity contribution in [2.75, 3.05) is 13.6 Å². The zero-order chi connectivity index (χ0) is 14.4. The molecule has 2 bridgehead atoms. The van der Waals surface area contributed by atoms with Gasteiger partial charge in [-0.05, 0) is 32.9 Å². The van der Waals surface area contributed by atoms with Crippen LogP contribution in [0, 0.1) is 11.3 Å². The number of aliphatic hydroxyl groups excluding tert-OH is 2. The molecule has 0 radical (unpaired) electrons. The Balaban J connectivity index is 0.00000125. The third-order valence-electron chi connectivity index (χ3n) is 6.46. The van der Waals surface area contributed by atoms with E-state index in [4.69, 9.17) is 4.74 Å². The number of hydrogen-bond acceptors (Lipinski definition) is 4. The Kier molecular flexibility index (Phi) is 3.01. The molecule has 5 aliphatic rings. The van der Waals surface area contributed by atoms with Crippen LogP contribution in [0.5, 0.6) is 0 Å². The molecule has 5 heteroatoms. The lowest BCUT2D eigenvalue weighted by atomic mass is 9.52. The van der Waals surface area contributed by atoms with Gasteiger partial charge in [-0.25, -0.2) is 0 Å². The molecule has 2 N–H and O–H groups in total. The van der Waals surface area contributed by atoms with Gasteiger partial charge in [0.25, 0.3) is 0 Å². The molecule has 0 amide bonds. The van der Waals surface area contributed by atoms with E-state index >= 15 is 0 Å². The van der Waals surface area contributed by atoms with E-state index in [0.717, 1.165) is 25.8 Å². The maximum absolute atomic E-state index is 10.5. The molecular weight excluding hydrogens is 302 g/mol. The molecule has 22 heavy (non-hydrogen) atoms. The first-order valence-corrected chi connectivity index (χ1v) is 8.01. The van der Waals surface area contributed by atoms with Crippen molar-refractivity contribution in [3.63, 3.8) is 0 Å². The van der Waals surface area contributed by atoms with Crippen LogP contribution in [0.15, 0.2) is 34.8 Å². The fourth-order valence-electron chi connectivity index (χ4n) is 5.54. The number of aliphatic hydroxyl groups is 2. The van der Waals surface area contributed by atoms with Crippen LogP contribution < -0.4 is 0 Å². The van der Waals surface area contributed by atoms with E-state index in [2.05, 4.69) is 18.0 Å². The highest BCUT2D eigenvalue weighted by Gasteiger charge is 2.65. The summed E-state index contributed by atoms with van der Waals surface area (Å²) in [6.07, 6.45) is 7.04. The molecule has 120 valence electrons. The Morgan fingerprint density at radius 2 is 2.14 bits per heavy atom. The number of piperidine rings is 1. The van der Waals surface area contributed by atoms with E-state index in [0.29, 0.717) is 29.9 Å². The van der Waals surface area contributed by atoms with Crippen molar-refractivity contribution in [2.45, 2.75) is 43.9 Å². The zero-order valence-corrected chi connectivity index (χ0v) is 13.5. The van der Waals surface area contributed by atoms with Gasteiger partial charge in [0.2, 0.25) is 0 Å². The summed E-state index contributed by atoms with van der Waals surface area (Å²) in [5, 5.41) is 20.8. The lowest BCUT2D eigenvalue weighted by Gasteiger charge is -2.56. The van der Waals surface area contributed by atoms with Crippen LogP contribution in [0.25, 0.3) is 0 Å². The third-order valence-corrected chi connectivity index (χ3v) is 6.46. The van der Waals surface area contributed by atoms with Crippen LogP contribution >= 0.6 is 12.4 Å². The van der Waals surface area contributed by atoms with Crippen LogP contribution in [-0.4, -0.2) is 47.0 Å². The standard InChI is InChI=1S/C17H21NO3.ClH/c1-18-7-6-17-10-3-5-13(20)16(17)21-15-12(19)4-2-9(14(15)17)8-11(10)18;/h3,5,10-11,13,16,19-20H,2,4,6-8H2,1H3;1H/t10-,11+,13-,16-,17-;/m0./s1. The Morgan fingerprint density at radius 3 is 2.95 bits per heavy atom. The Bertz CT molecular complexity index is 625. The van der Waals surface area contributed by atoms with Crippen molar-refractivity contribution < 1.29 is 14.9 Å². The fourth-order valence-corrected chi connectivity index (χ4v) is 5.54. The second-order valence-electron chi connectivity index (χ2n) is 7.24. The summed E-state index contributed by atoms with van der Waals surface area (Å²) in [5.41, 5.74) is 2.61. The minimum Gasteiger partial charge on any atom is -0.508 e. The zero-order valence-electron chi connectivity index (χ0n) is 12.7. The number of rotatable bonds is 0. The molecule has 4 nitrogen and oxygen atoms in total. The second kappa shape index (κ2) is 4.53. The normalized spacial score (nSPS) is 45.4. The first-order valence-electron chi connectivity index (χ1n) is 8.01. The highest BCUT2D eigenvalue weighted by Crippen LogP contribution is 2.65. The van der Waals surface area contributed by atoms with Crippen molar-refractivity contribution in [3.8, 4) is 0 Å². The maximum atomic E-state index is 10.5. The number of likely N-dealkylation sites (tertiary alicyclic amines) is 1. The largest absolute Gasteiger partial charge is 0.508 e. The number of hydrogen-bond donors (Lipinski definition) is 2. The molecule has 0 saturated carbocycles. The van der Waals surface area contributed by atoms with Gasteiger partial charge < -0.3 is 19.8 Å². The first-order chi connectivity index (χ1) is 10.1. The highest BCUT2D eigenvalue weighted by atomic mass is 35.5. The Labute approximate surface area is 136 Å². The minimum absolute atomic E-state index is 0. The monoisotopic (exact) mass is 323 g/mol. The first kappa shape index (κ1) is 14.6. The maximum Gasteiger partial charge on any atom is 0.161 e. The van der Waals surface area contributed by atoms with Gasteiger partial charge in [0.05, 0.1) is 0 Å². The predicted molar refractivity (Wildman–Crippen MR) is 84.8 cm³/mol. The summed E-state index contributed by atoms with van der Waals surface area (Å²) < 4.78 is 6.14. The van der Waals surface area contributed by atoms with Crippen molar-refractivity contribution in [1.29, 1.82) is 0 Å². The highest BCUT2D eigenvalue weighted by molar-refractivity contribution is 5.85. The Morgan fingerprint density at radius 1 is 1.32 bits per heavy atom. The summed E-state index contributed by atoms with van der Waals surface area (Å²) in [7, 11) is 2.21. The SMILES string of the molecule is CN1CC[C@]23C4=C5CCC(O)=C4O[C@H]2[C@@H](O)C=C[C@H]3[C@H]1C5.Cl. The summed E-state index contributed by atoms with van der Waals surface area (Å²) in [6.45, 7) is 1.03. The molecule has 0 unspecified atom stereocenters. The van der Waals surface area contributed by atoms with Gasteiger partial charge in [-0.15, -0.1) is 12.4 Å². The molecular formula is C17H22ClNO3. The van der Waals surface area contributed by atoms with Gasteiger partial charge in [0, 0.05) is 29.4 Å². The Hall–Kier alpha value is -0.970. The van der Waals surface area contributed by atoms with Crippen LogP contribution in [0.3, 0.4) is 0 Å². The van der Waals surface area contributed by atoms with E-state index in [1.165, 1.54) is 11.1 Å². The fraction of sp³-hybridized carbons (Fsp3) is 0.647. The average molecular weight is 324 g/mol. The van der Waals surface area contributed by atoms with E-state index < -0.39 is 6.10 Å². The van der Waals surface area contributed by atoms with Gasteiger partial charge in [-0.2, -0.15) is 0 Å². The van der Waals surface area contributed by atoms with Crippen molar-refractivity contribution in [3.05, 3.63) is 34.8 Å². The number of halogens is 1. The lowest BCUT2D eigenvalue weighted by molar-refractivity contribution is -0.0798. The number of nitrogens with zero attached hydrogens (tertiary/aromatic N) is 1. The molecule has 0 aromatic rings. The molecule has 2 heterocycles. The molecule has 3 aliphatic carbocycles. The molecule has 2 aliphatic heterocycles. The lowest BCUT2D eigenvalue weighted by Crippen LogP contribution is -2.61. The van der Waals surface area contributed by atoms with E-state index in [9.17, 15) is 10.2 Å². The summed E-state index contributed by atoms with van der Waals surface area (Å²) in [5.74, 6) is 1.49.